The minimum Gasteiger partial charge on any atom is -0.465 e. The fourth-order valence-corrected chi connectivity index (χ4v) is 2.07. The highest BCUT2D eigenvalue weighted by molar-refractivity contribution is 5.91. The maximum Gasteiger partial charge on any atom is 0.337 e. The van der Waals surface area contributed by atoms with Crippen molar-refractivity contribution in [3.8, 4) is 23.0 Å². The zero-order valence-electron chi connectivity index (χ0n) is 11.9. The van der Waals surface area contributed by atoms with Crippen LogP contribution in [0.2, 0.25) is 0 Å². The quantitative estimate of drug-likeness (QED) is 0.677. The molecular weight excluding hydrogens is 288 g/mol. The first-order chi connectivity index (χ1) is 10.6. The standard InChI is InChI=1S/C16H12O6/c1-19-15(17)9-3-5-11-13(7-9)21-12-6-4-10(16(18)20-2)8-14(12)22-11/h3-8H,1-2H3. The van der Waals surface area contributed by atoms with Crippen molar-refractivity contribution in [3.05, 3.63) is 47.5 Å². The molecule has 0 N–H and O–H groups in total. The van der Waals surface area contributed by atoms with Gasteiger partial charge in [0.25, 0.3) is 0 Å². The van der Waals surface area contributed by atoms with Crippen molar-refractivity contribution in [3.63, 3.8) is 0 Å². The number of fused-ring (bicyclic) bond motifs is 2. The van der Waals surface area contributed by atoms with Crippen LogP contribution in [-0.4, -0.2) is 26.2 Å². The highest BCUT2D eigenvalue weighted by atomic mass is 16.6. The lowest BCUT2D eigenvalue weighted by molar-refractivity contribution is 0.0591. The number of rotatable bonds is 2. The summed E-state index contributed by atoms with van der Waals surface area (Å²) in [4.78, 5) is 23.1. The number of carbonyl (C=O) groups is 2. The second-order valence-electron chi connectivity index (χ2n) is 4.51. The van der Waals surface area contributed by atoms with Crippen LogP contribution in [-0.2, 0) is 9.47 Å². The van der Waals surface area contributed by atoms with Crippen LogP contribution in [0.5, 0.6) is 23.0 Å². The molecule has 6 heteroatoms. The third-order valence-corrected chi connectivity index (χ3v) is 3.17. The van der Waals surface area contributed by atoms with Gasteiger partial charge in [0.15, 0.2) is 23.0 Å². The number of hydrogen-bond acceptors (Lipinski definition) is 6. The van der Waals surface area contributed by atoms with Crippen molar-refractivity contribution in [1.82, 2.24) is 0 Å². The molecule has 6 nitrogen and oxygen atoms in total. The summed E-state index contributed by atoms with van der Waals surface area (Å²) in [7, 11) is 2.62. The molecule has 0 saturated heterocycles. The molecule has 1 heterocycles. The molecule has 112 valence electrons. The maximum absolute atomic E-state index is 11.5. The third-order valence-electron chi connectivity index (χ3n) is 3.17. The lowest BCUT2D eigenvalue weighted by atomic mass is 10.1. The first kappa shape index (κ1) is 13.9. The Kier molecular flexibility index (Phi) is 3.42. The number of benzene rings is 2. The van der Waals surface area contributed by atoms with E-state index in [1.54, 1.807) is 36.4 Å². The van der Waals surface area contributed by atoms with E-state index in [4.69, 9.17) is 9.47 Å². The van der Waals surface area contributed by atoms with Gasteiger partial charge >= 0.3 is 11.9 Å². The first-order valence-electron chi connectivity index (χ1n) is 6.43. The zero-order valence-corrected chi connectivity index (χ0v) is 11.9. The Hall–Kier alpha value is -3.02. The monoisotopic (exact) mass is 300 g/mol. The van der Waals surface area contributed by atoms with Crippen LogP contribution >= 0.6 is 0 Å². The van der Waals surface area contributed by atoms with Crippen LogP contribution in [0, 0.1) is 0 Å². The van der Waals surface area contributed by atoms with Gasteiger partial charge in [-0.2, -0.15) is 0 Å². The van der Waals surface area contributed by atoms with E-state index in [1.165, 1.54) is 14.2 Å². The topological polar surface area (TPSA) is 71.1 Å². The molecule has 0 unspecified atom stereocenters. The molecule has 1 aliphatic rings. The lowest BCUT2D eigenvalue weighted by Gasteiger charge is -2.21. The van der Waals surface area contributed by atoms with Gasteiger partial charge in [-0.15, -0.1) is 0 Å². The number of hydrogen-bond donors (Lipinski definition) is 0. The highest BCUT2D eigenvalue weighted by Gasteiger charge is 2.22. The second-order valence-corrected chi connectivity index (χ2v) is 4.51. The second kappa shape index (κ2) is 5.40. The van der Waals surface area contributed by atoms with Crippen LogP contribution in [0.3, 0.4) is 0 Å². The minimum absolute atomic E-state index is 0.361. The SMILES string of the molecule is COC(=O)c1ccc2c(c1)Oc1ccc(C(=O)OC)cc1O2. The van der Waals surface area contributed by atoms with Gasteiger partial charge in [-0.1, -0.05) is 0 Å². The van der Waals surface area contributed by atoms with Crippen LogP contribution in [0.1, 0.15) is 20.7 Å². The van der Waals surface area contributed by atoms with Crippen LogP contribution < -0.4 is 9.47 Å². The maximum atomic E-state index is 11.5. The Balaban J connectivity index is 1.95. The fraction of sp³-hybridized carbons (Fsp3) is 0.125. The van der Waals surface area contributed by atoms with Gasteiger partial charge in [-0.3, -0.25) is 0 Å². The van der Waals surface area contributed by atoms with Gasteiger partial charge in [-0.25, -0.2) is 9.59 Å². The molecule has 1 aliphatic heterocycles. The molecule has 3 rings (SSSR count). The summed E-state index contributed by atoms with van der Waals surface area (Å²) >= 11 is 0. The van der Waals surface area contributed by atoms with Gasteiger partial charge in [0.1, 0.15) is 0 Å². The van der Waals surface area contributed by atoms with E-state index >= 15 is 0 Å². The molecule has 0 fully saturated rings. The first-order valence-corrected chi connectivity index (χ1v) is 6.43. The number of carbonyl (C=O) groups excluding carboxylic acids is 2. The van der Waals surface area contributed by atoms with Crippen LogP contribution in [0.25, 0.3) is 0 Å². The summed E-state index contributed by atoms with van der Waals surface area (Å²) in [5.41, 5.74) is 0.721. The summed E-state index contributed by atoms with van der Waals surface area (Å²) in [6.45, 7) is 0. The molecule has 22 heavy (non-hydrogen) atoms. The van der Waals surface area contributed by atoms with Crippen molar-refractivity contribution in [2.24, 2.45) is 0 Å². The minimum atomic E-state index is -0.460. The van der Waals surface area contributed by atoms with E-state index in [2.05, 4.69) is 9.47 Å². The normalized spacial score (nSPS) is 11.4. The van der Waals surface area contributed by atoms with E-state index in [-0.39, 0.29) is 0 Å². The van der Waals surface area contributed by atoms with Gasteiger partial charge in [0.05, 0.1) is 25.3 Å². The average molecular weight is 300 g/mol. The number of esters is 2. The van der Waals surface area contributed by atoms with E-state index in [0.717, 1.165) is 0 Å². The molecule has 0 aliphatic carbocycles. The molecule has 2 aromatic carbocycles. The highest BCUT2D eigenvalue weighted by Crippen LogP contribution is 2.45. The summed E-state index contributed by atoms with van der Waals surface area (Å²) in [6, 6.07) is 9.44. The molecule has 0 spiro atoms. The molecule has 0 bridgehead atoms. The fourth-order valence-electron chi connectivity index (χ4n) is 2.07. The van der Waals surface area contributed by atoms with Gasteiger partial charge in [0, 0.05) is 0 Å². The number of ether oxygens (including phenoxy) is 4. The summed E-state index contributed by atoms with van der Waals surface area (Å²) in [6.07, 6.45) is 0. The van der Waals surface area contributed by atoms with E-state index in [1.807, 2.05) is 0 Å². The van der Waals surface area contributed by atoms with Crippen LogP contribution in [0.15, 0.2) is 36.4 Å². The molecule has 2 aromatic rings. The molecule has 0 radical (unpaired) electrons. The Morgan fingerprint density at radius 3 is 1.50 bits per heavy atom. The Morgan fingerprint density at radius 2 is 1.14 bits per heavy atom. The Morgan fingerprint density at radius 1 is 0.727 bits per heavy atom. The number of methoxy groups -OCH3 is 2. The predicted molar refractivity (Wildman–Crippen MR) is 75.7 cm³/mol. The van der Waals surface area contributed by atoms with Crippen molar-refractivity contribution >= 4 is 11.9 Å². The largest absolute Gasteiger partial charge is 0.465 e. The smallest absolute Gasteiger partial charge is 0.337 e. The van der Waals surface area contributed by atoms with Gasteiger partial charge < -0.3 is 18.9 Å². The molecule has 0 saturated carbocycles. The van der Waals surface area contributed by atoms with E-state index in [0.29, 0.717) is 34.1 Å². The van der Waals surface area contributed by atoms with Crippen molar-refractivity contribution in [2.75, 3.05) is 14.2 Å². The van der Waals surface area contributed by atoms with Gasteiger partial charge in [-0.05, 0) is 36.4 Å². The van der Waals surface area contributed by atoms with Crippen molar-refractivity contribution in [1.29, 1.82) is 0 Å². The summed E-state index contributed by atoms with van der Waals surface area (Å²) < 4.78 is 20.7. The molecule has 0 aromatic heterocycles. The Bertz CT molecular complexity index is 700. The van der Waals surface area contributed by atoms with E-state index < -0.39 is 11.9 Å². The third kappa shape index (κ3) is 2.35. The molecular formula is C16H12O6. The molecule has 0 atom stereocenters. The summed E-state index contributed by atoms with van der Waals surface area (Å²) in [5.74, 6) is 0.781. The van der Waals surface area contributed by atoms with Crippen LogP contribution in [0.4, 0.5) is 0 Å². The zero-order chi connectivity index (χ0) is 15.7. The molecule has 0 amide bonds. The lowest BCUT2D eigenvalue weighted by Crippen LogP contribution is -2.06. The average Bonchev–Trinajstić information content (AvgIpc) is 2.57. The van der Waals surface area contributed by atoms with Crippen molar-refractivity contribution in [2.45, 2.75) is 0 Å². The predicted octanol–water partition coefficient (Wildman–Crippen LogP) is 3.16. The summed E-state index contributed by atoms with van der Waals surface area (Å²) in [5, 5.41) is 0. The van der Waals surface area contributed by atoms with Crippen molar-refractivity contribution < 1.29 is 28.5 Å². The Labute approximate surface area is 126 Å². The van der Waals surface area contributed by atoms with Gasteiger partial charge in [0.2, 0.25) is 0 Å². The van der Waals surface area contributed by atoms with E-state index in [9.17, 15) is 9.59 Å².